The second-order valence-corrected chi connectivity index (χ2v) is 3.62. The van der Waals surface area contributed by atoms with Crippen molar-refractivity contribution in [3.05, 3.63) is 22.2 Å². The number of halogens is 8. The van der Waals surface area contributed by atoms with Gasteiger partial charge in [-0.05, 0) is 6.07 Å². The molecule has 1 rings (SSSR count). The van der Waals surface area contributed by atoms with E-state index in [-0.39, 0.29) is 0 Å². The van der Waals surface area contributed by atoms with Gasteiger partial charge in [-0.1, -0.05) is 23.2 Å². The molecule has 0 bridgehead atoms. The molecule has 0 aliphatic rings. The maximum Gasteiger partial charge on any atom is 0.573 e. The summed E-state index contributed by atoms with van der Waals surface area (Å²) in [5.74, 6) is -2.10. The summed E-state index contributed by atoms with van der Waals surface area (Å²) >= 11 is 10.7. The largest absolute Gasteiger partial charge is 0.573 e. The highest BCUT2D eigenvalue weighted by molar-refractivity contribution is 6.36. The van der Waals surface area contributed by atoms with Crippen molar-refractivity contribution in [2.24, 2.45) is 0 Å². The van der Waals surface area contributed by atoms with Gasteiger partial charge in [0, 0.05) is 6.07 Å². The maximum atomic E-state index is 11.9. The molecule has 0 unspecified atom stereocenters. The minimum Gasteiger partial charge on any atom is -0.404 e. The van der Waals surface area contributed by atoms with Crippen molar-refractivity contribution in [1.82, 2.24) is 0 Å². The van der Waals surface area contributed by atoms with Gasteiger partial charge in [0.05, 0.1) is 10.0 Å². The molecule has 0 aromatic heterocycles. The van der Waals surface area contributed by atoms with Gasteiger partial charge in [0.25, 0.3) is 0 Å². The third kappa shape index (κ3) is 4.69. The fourth-order valence-corrected chi connectivity index (χ4v) is 1.38. The molecule has 0 radical (unpaired) electrons. The zero-order valence-corrected chi connectivity index (χ0v) is 9.51. The van der Waals surface area contributed by atoms with Crippen molar-refractivity contribution in [3.8, 4) is 11.5 Å². The summed E-state index contributed by atoms with van der Waals surface area (Å²) in [4.78, 5) is 0. The molecule has 0 saturated carbocycles. The minimum absolute atomic E-state index is 0.297. The molecule has 0 fully saturated rings. The van der Waals surface area contributed by atoms with E-state index in [2.05, 4.69) is 9.47 Å². The van der Waals surface area contributed by atoms with E-state index < -0.39 is 34.3 Å². The molecule has 10 heteroatoms. The molecule has 0 aliphatic heterocycles. The third-order valence-electron chi connectivity index (χ3n) is 1.44. The monoisotopic (exact) mass is 314 g/mol. The summed E-state index contributed by atoms with van der Waals surface area (Å²) < 4.78 is 78.3. The van der Waals surface area contributed by atoms with Crippen molar-refractivity contribution in [1.29, 1.82) is 0 Å². The van der Waals surface area contributed by atoms with Crippen LogP contribution in [0.5, 0.6) is 11.5 Å². The Bertz CT molecular complexity index is 405. The van der Waals surface area contributed by atoms with Crippen molar-refractivity contribution in [3.63, 3.8) is 0 Å². The lowest BCUT2D eigenvalue weighted by molar-refractivity contribution is -0.276. The van der Waals surface area contributed by atoms with E-state index in [4.69, 9.17) is 23.2 Å². The molecule has 1 aromatic carbocycles. The molecule has 1 aromatic rings. The Balaban J connectivity index is 3.10. The smallest absolute Gasteiger partial charge is 0.404 e. The second kappa shape index (κ2) is 4.93. The number of hydrogen-bond acceptors (Lipinski definition) is 2. The second-order valence-electron chi connectivity index (χ2n) is 2.81. The highest BCUT2D eigenvalue weighted by Gasteiger charge is 2.35. The van der Waals surface area contributed by atoms with Gasteiger partial charge in [-0.15, -0.1) is 26.3 Å². The lowest BCUT2D eigenvalue weighted by atomic mass is 10.3. The minimum atomic E-state index is -5.10. The zero-order valence-electron chi connectivity index (χ0n) is 7.99. The average molecular weight is 315 g/mol. The Kier molecular flexibility index (Phi) is 4.12. The Hall–Kier alpha value is -1.02. The van der Waals surface area contributed by atoms with Gasteiger partial charge in [0.15, 0.2) is 11.5 Å². The van der Waals surface area contributed by atoms with Gasteiger partial charge in [0.1, 0.15) is 0 Å². The quantitative estimate of drug-likeness (QED) is 0.731. The van der Waals surface area contributed by atoms with Crippen LogP contribution in [0, 0.1) is 0 Å². The van der Waals surface area contributed by atoms with Gasteiger partial charge in [-0.25, -0.2) is 0 Å². The summed E-state index contributed by atoms with van der Waals surface area (Å²) in [5.41, 5.74) is 0. The molecule has 0 spiro atoms. The number of ether oxygens (including phenoxy) is 2. The van der Waals surface area contributed by atoms with Crippen LogP contribution in [0.4, 0.5) is 26.3 Å². The SMILES string of the molecule is FC(F)(F)Oc1cc(OC(F)(F)F)c(Cl)cc1Cl. The molecule has 0 amide bonds. The van der Waals surface area contributed by atoms with Crippen LogP contribution < -0.4 is 9.47 Å². The van der Waals surface area contributed by atoms with Crippen LogP contribution in [0.25, 0.3) is 0 Å². The fourth-order valence-electron chi connectivity index (χ4n) is 0.916. The molecular formula is C8H2Cl2F6O2. The van der Waals surface area contributed by atoms with Crippen LogP contribution in [-0.4, -0.2) is 12.7 Å². The maximum absolute atomic E-state index is 11.9. The molecule has 0 saturated heterocycles. The molecule has 0 N–H and O–H groups in total. The fraction of sp³-hybridized carbons (Fsp3) is 0.250. The van der Waals surface area contributed by atoms with Gasteiger partial charge in [-0.3, -0.25) is 0 Å². The molecule has 0 aliphatic carbocycles. The van der Waals surface area contributed by atoms with E-state index in [1.54, 1.807) is 0 Å². The Labute approximate surface area is 106 Å². The summed E-state index contributed by atoms with van der Waals surface area (Å²) in [6.07, 6.45) is -10.2. The van der Waals surface area contributed by atoms with Gasteiger partial charge < -0.3 is 9.47 Å². The first-order valence-electron chi connectivity index (χ1n) is 3.98. The van der Waals surface area contributed by atoms with E-state index >= 15 is 0 Å². The molecule has 0 heterocycles. The van der Waals surface area contributed by atoms with E-state index in [1.165, 1.54) is 0 Å². The van der Waals surface area contributed by atoms with Crippen LogP contribution in [0.2, 0.25) is 10.0 Å². The molecular weight excluding hydrogens is 313 g/mol. The lowest BCUT2D eigenvalue weighted by Gasteiger charge is -2.14. The van der Waals surface area contributed by atoms with Crippen LogP contribution in [-0.2, 0) is 0 Å². The first-order valence-corrected chi connectivity index (χ1v) is 4.74. The van der Waals surface area contributed by atoms with Gasteiger partial charge in [0.2, 0.25) is 0 Å². The average Bonchev–Trinajstić information content (AvgIpc) is 2.08. The Morgan fingerprint density at radius 2 is 1.06 bits per heavy atom. The topological polar surface area (TPSA) is 18.5 Å². The van der Waals surface area contributed by atoms with E-state index in [9.17, 15) is 26.3 Å². The zero-order chi connectivity index (χ0) is 14.1. The summed E-state index contributed by atoms with van der Waals surface area (Å²) in [7, 11) is 0. The number of alkyl halides is 6. The van der Waals surface area contributed by atoms with Crippen LogP contribution in [0.15, 0.2) is 12.1 Å². The van der Waals surface area contributed by atoms with Crippen LogP contribution in [0.3, 0.4) is 0 Å². The number of benzene rings is 1. The first kappa shape index (κ1) is 15.0. The summed E-state index contributed by atoms with van der Waals surface area (Å²) in [6, 6.07) is 0.941. The van der Waals surface area contributed by atoms with E-state index in [1.807, 2.05) is 0 Å². The van der Waals surface area contributed by atoms with Crippen LogP contribution >= 0.6 is 23.2 Å². The molecule has 102 valence electrons. The standard InChI is InChI=1S/C8H2Cl2F6O2/c9-3-1-4(10)6(18-8(14,15)16)2-5(3)17-7(11,12)13/h1-2H. The van der Waals surface area contributed by atoms with Crippen LogP contribution in [0.1, 0.15) is 0 Å². The van der Waals surface area contributed by atoms with E-state index in [0.29, 0.717) is 12.1 Å². The van der Waals surface area contributed by atoms with Crippen molar-refractivity contribution in [2.45, 2.75) is 12.7 Å². The highest BCUT2D eigenvalue weighted by atomic mass is 35.5. The summed E-state index contributed by atoms with van der Waals surface area (Å²) in [5, 5.41) is -1.21. The predicted molar refractivity (Wildman–Crippen MR) is 49.8 cm³/mol. The number of hydrogen-bond donors (Lipinski definition) is 0. The first-order chi connectivity index (χ1) is 7.98. The molecule has 0 atom stereocenters. The Morgan fingerprint density at radius 3 is 1.33 bits per heavy atom. The third-order valence-corrected chi connectivity index (χ3v) is 2.03. The van der Waals surface area contributed by atoms with Crippen molar-refractivity contribution in [2.75, 3.05) is 0 Å². The molecule has 2 nitrogen and oxygen atoms in total. The predicted octanol–water partition coefficient (Wildman–Crippen LogP) is 4.79. The Morgan fingerprint density at radius 1 is 0.722 bits per heavy atom. The van der Waals surface area contributed by atoms with Gasteiger partial charge >= 0.3 is 12.7 Å². The normalized spacial score (nSPS) is 12.4. The lowest BCUT2D eigenvalue weighted by Crippen LogP contribution is -2.19. The van der Waals surface area contributed by atoms with Crippen molar-refractivity contribution >= 4 is 23.2 Å². The summed E-state index contributed by atoms with van der Waals surface area (Å²) in [6.45, 7) is 0. The van der Waals surface area contributed by atoms with Crippen molar-refractivity contribution < 1.29 is 35.8 Å². The number of rotatable bonds is 2. The van der Waals surface area contributed by atoms with Gasteiger partial charge in [-0.2, -0.15) is 0 Å². The van der Waals surface area contributed by atoms with E-state index in [0.717, 1.165) is 0 Å². The highest BCUT2D eigenvalue weighted by Crippen LogP contribution is 2.39. The molecule has 18 heavy (non-hydrogen) atoms.